The first-order valence-electron chi connectivity index (χ1n) is 2.81. The average Bonchev–Trinajstić information content (AvgIpc) is 2.36. The number of hydrogen-bond acceptors (Lipinski definition) is 2. The minimum atomic E-state index is 0. The molecule has 2 rings (SSSR count). The molecule has 3 nitrogen and oxygen atoms in total. The van der Waals surface area contributed by atoms with Crippen molar-refractivity contribution >= 4 is 52.2 Å². The summed E-state index contributed by atoms with van der Waals surface area (Å²) < 4.78 is 0. The van der Waals surface area contributed by atoms with Crippen molar-refractivity contribution in [2.45, 2.75) is 0 Å². The summed E-state index contributed by atoms with van der Waals surface area (Å²) in [5, 5.41) is 1.36. The summed E-state index contributed by atoms with van der Waals surface area (Å²) in [7, 11) is 0. The topological polar surface area (TPSA) is 41.6 Å². The molecule has 0 fully saturated rings. The Hall–Kier alpha value is -0.0900. The van der Waals surface area contributed by atoms with Crippen molar-refractivity contribution in [1.29, 1.82) is 0 Å². The molecule has 0 aliphatic carbocycles. The van der Waals surface area contributed by atoms with Crippen LogP contribution in [0.15, 0.2) is 18.6 Å². The van der Waals surface area contributed by atoms with Crippen LogP contribution in [0.5, 0.6) is 0 Å². The third-order valence-electron chi connectivity index (χ3n) is 1.31. The minimum Gasteiger partial charge on any atom is -0.346 e. The van der Waals surface area contributed by atoms with Gasteiger partial charge in [-0.05, 0) is 6.07 Å². The van der Waals surface area contributed by atoms with Crippen LogP contribution in [-0.2, 0) is 0 Å². The number of aromatic amines is 1. The van der Waals surface area contributed by atoms with E-state index in [9.17, 15) is 0 Å². The van der Waals surface area contributed by atoms with Crippen LogP contribution in [0.1, 0.15) is 0 Å². The molecule has 2 aromatic heterocycles. The molecular formula is C6H4ClN3Na. The Kier molecular flexibility index (Phi) is 2.90. The van der Waals surface area contributed by atoms with Crippen LogP contribution in [-0.4, -0.2) is 44.5 Å². The van der Waals surface area contributed by atoms with Gasteiger partial charge >= 0.3 is 0 Å². The van der Waals surface area contributed by atoms with E-state index in [2.05, 4.69) is 15.0 Å². The predicted molar refractivity (Wildman–Crippen MR) is 44.7 cm³/mol. The van der Waals surface area contributed by atoms with Crippen LogP contribution < -0.4 is 0 Å². The van der Waals surface area contributed by atoms with Crippen LogP contribution in [0.2, 0.25) is 5.15 Å². The van der Waals surface area contributed by atoms with Gasteiger partial charge in [-0.15, -0.1) is 0 Å². The van der Waals surface area contributed by atoms with E-state index in [0.29, 0.717) is 5.15 Å². The Morgan fingerprint density at radius 3 is 2.91 bits per heavy atom. The van der Waals surface area contributed by atoms with E-state index < -0.39 is 0 Å². The van der Waals surface area contributed by atoms with Crippen molar-refractivity contribution < 1.29 is 0 Å². The van der Waals surface area contributed by atoms with Gasteiger partial charge in [0.2, 0.25) is 0 Å². The minimum absolute atomic E-state index is 0. The Morgan fingerprint density at radius 1 is 1.36 bits per heavy atom. The fourth-order valence-electron chi connectivity index (χ4n) is 0.841. The van der Waals surface area contributed by atoms with E-state index in [1.807, 2.05) is 6.07 Å². The smallest absolute Gasteiger partial charge is 0.142 e. The predicted octanol–water partition coefficient (Wildman–Crippen LogP) is 1.23. The molecule has 0 aromatic carbocycles. The summed E-state index contributed by atoms with van der Waals surface area (Å²) in [6, 6.07) is 1.84. The number of fused-ring (bicyclic) bond motifs is 1. The van der Waals surface area contributed by atoms with E-state index in [1.165, 1.54) is 6.33 Å². The number of halogens is 1. The molecule has 2 heterocycles. The summed E-state index contributed by atoms with van der Waals surface area (Å²) in [5.41, 5.74) is 0.778. The second kappa shape index (κ2) is 3.54. The third kappa shape index (κ3) is 1.56. The second-order valence-electron chi connectivity index (χ2n) is 1.90. The van der Waals surface area contributed by atoms with Crippen LogP contribution in [0, 0.1) is 0 Å². The molecule has 0 bridgehead atoms. The van der Waals surface area contributed by atoms with Crippen molar-refractivity contribution in [2.75, 3.05) is 0 Å². The normalized spacial score (nSPS) is 9.55. The monoisotopic (exact) mass is 176 g/mol. The Balaban J connectivity index is 0.000000605. The maximum absolute atomic E-state index is 5.73. The molecule has 0 spiro atoms. The molecule has 0 atom stereocenters. The van der Waals surface area contributed by atoms with Gasteiger partial charge in [0.15, 0.2) is 0 Å². The number of hydrogen-bond donors (Lipinski definition) is 1. The van der Waals surface area contributed by atoms with Gasteiger partial charge < -0.3 is 4.98 Å². The number of nitrogens with zero attached hydrogens (tertiary/aromatic N) is 2. The number of H-pyrrole nitrogens is 1. The van der Waals surface area contributed by atoms with Crippen molar-refractivity contribution in [3.63, 3.8) is 0 Å². The van der Waals surface area contributed by atoms with Gasteiger partial charge in [-0.2, -0.15) is 0 Å². The maximum atomic E-state index is 5.73. The second-order valence-corrected chi connectivity index (χ2v) is 2.26. The average molecular weight is 177 g/mol. The molecule has 0 unspecified atom stereocenters. The quantitative estimate of drug-likeness (QED) is 0.485. The SMILES string of the molecule is Clc1ncnc2[nH]ccc12.[Na]. The van der Waals surface area contributed by atoms with Gasteiger partial charge in [0.1, 0.15) is 17.1 Å². The first-order valence-corrected chi connectivity index (χ1v) is 3.19. The standard InChI is InChI=1S/C6H4ClN3.Na/c7-5-4-1-2-8-6(4)10-3-9-5;/h1-3H,(H,8,9,10);. The summed E-state index contributed by atoms with van der Waals surface area (Å²) in [6.45, 7) is 0. The van der Waals surface area contributed by atoms with Crippen molar-refractivity contribution in [3.05, 3.63) is 23.7 Å². The molecule has 0 aliphatic rings. The van der Waals surface area contributed by atoms with E-state index >= 15 is 0 Å². The van der Waals surface area contributed by atoms with Gasteiger partial charge in [-0.3, -0.25) is 0 Å². The Labute approximate surface area is 90.5 Å². The molecule has 5 heteroatoms. The zero-order valence-electron chi connectivity index (χ0n) is 6.00. The fraction of sp³-hybridized carbons (Fsp3) is 0. The Bertz CT molecular complexity index is 359. The van der Waals surface area contributed by atoms with Crippen molar-refractivity contribution in [3.8, 4) is 0 Å². The van der Waals surface area contributed by atoms with Crippen LogP contribution in [0.25, 0.3) is 11.0 Å². The first-order chi connectivity index (χ1) is 4.88. The van der Waals surface area contributed by atoms with Crippen molar-refractivity contribution in [1.82, 2.24) is 15.0 Å². The zero-order chi connectivity index (χ0) is 6.97. The molecule has 1 N–H and O–H groups in total. The molecule has 1 radical (unpaired) electrons. The molecule has 11 heavy (non-hydrogen) atoms. The summed E-state index contributed by atoms with van der Waals surface area (Å²) >= 11 is 5.73. The first kappa shape index (κ1) is 9.00. The Morgan fingerprint density at radius 2 is 2.18 bits per heavy atom. The summed E-state index contributed by atoms with van der Waals surface area (Å²) in [5.74, 6) is 0. The third-order valence-corrected chi connectivity index (χ3v) is 1.61. The van der Waals surface area contributed by atoms with Gasteiger partial charge in [0, 0.05) is 35.8 Å². The molecule has 0 amide bonds. The molecule has 0 saturated heterocycles. The van der Waals surface area contributed by atoms with Gasteiger partial charge in [0.25, 0.3) is 0 Å². The van der Waals surface area contributed by atoms with E-state index in [0.717, 1.165) is 11.0 Å². The van der Waals surface area contributed by atoms with E-state index in [4.69, 9.17) is 11.6 Å². The van der Waals surface area contributed by atoms with Gasteiger partial charge in [-0.25, -0.2) is 9.97 Å². The molecule has 0 aliphatic heterocycles. The molecule has 0 saturated carbocycles. The largest absolute Gasteiger partial charge is 0.346 e. The summed E-state index contributed by atoms with van der Waals surface area (Å²) in [4.78, 5) is 10.7. The van der Waals surface area contributed by atoms with E-state index in [-0.39, 0.29) is 29.6 Å². The fourth-order valence-corrected chi connectivity index (χ4v) is 1.04. The molecular weight excluding hydrogens is 173 g/mol. The summed E-state index contributed by atoms with van der Waals surface area (Å²) in [6.07, 6.45) is 3.21. The molecule has 51 valence electrons. The molecule has 2 aromatic rings. The number of aromatic nitrogens is 3. The maximum Gasteiger partial charge on any atom is 0.142 e. The van der Waals surface area contributed by atoms with Crippen LogP contribution in [0.4, 0.5) is 0 Å². The number of rotatable bonds is 0. The zero-order valence-corrected chi connectivity index (χ0v) is 8.76. The van der Waals surface area contributed by atoms with Crippen LogP contribution >= 0.6 is 11.6 Å². The van der Waals surface area contributed by atoms with Crippen LogP contribution in [0.3, 0.4) is 0 Å². The van der Waals surface area contributed by atoms with E-state index in [1.54, 1.807) is 6.20 Å². The van der Waals surface area contributed by atoms with Gasteiger partial charge in [-0.1, -0.05) is 11.6 Å². The number of nitrogens with one attached hydrogen (secondary N) is 1. The van der Waals surface area contributed by atoms with Gasteiger partial charge in [0.05, 0.1) is 5.39 Å². The van der Waals surface area contributed by atoms with Crippen molar-refractivity contribution in [2.24, 2.45) is 0 Å².